The van der Waals surface area contributed by atoms with E-state index < -0.39 is 10.0 Å². The molecule has 0 aliphatic rings. The van der Waals surface area contributed by atoms with Crippen molar-refractivity contribution in [3.63, 3.8) is 0 Å². The average Bonchev–Trinajstić information content (AvgIpc) is 2.35. The molecule has 0 aromatic heterocycles. The lowest BCUT2D eigenvalue weighted by atomic mass is 10.3. The van der Waals surface area contributed by atoms with Crippen molar-refractivity contribution in [1.82, 2.24) is 4.72 Å². The van der Waals surface area contributed by atoms with E-state index in [1.54, 1.807) is 0 Å². The van der Waals surface area contributed by atoms with Crippen LogP contribution in [0.1, 0.15) is 0 Å². The fourth-order valence-electron chi connectivity index (χ4n) is 1.26. The van der Waals surface area contributed by atoms with Gasteiger partial charge < -0.3 is 15.2 Å². The molecule has 0 radical (unpaired) electrons. The van der Waals surface area contributed by atoms with Gasteiger partial charge in [-0.2, -0.15) is 0 Å². The zero-order chi connectivity index (χ0) is 12.9. The highest BCUT2D eigenvalue weighted by atomic mass is 32.2. The first-order valence-corrected chi connectivity index (χ1v) is 6.45. The Hall–Kier alpha value is -1.31. The van der Waals surface area contributed by atoms with Crippen LogP contribution in [0.4, 0.5) is 0 Å². The molecule has 6 nitrogen and oxygen atoms in total. The number of sulfonamides is 1. The first-order chi connectivity index (χ1) is 8.05. The van der Waals surface area contributed by atoms with Crippen molar-refractivity contribution in [1.29, 1.82) is 0 Å². The number of hydrogen-bond acceptors (Lipinski definition) is 5. The average molecular weight is 260 g/mol. The Morgan fingerprint density at radius 1 is 1.24 bits per heavy atom. The van der Waals surface area contributed by atoms with Crippen LogP contribution in [0.25, 0.3) is 0 Å². The fraction of sp³-hybridized carbons (Fsp3) is 0.400. The van der Waals surface area contributed by atoms with Crippen molar-refractivity contribution in [2.24, 2.45) is 5.73 Å². The van der Waals surface area contributed by atoms with E-state index in [9.17, 15) is 8.42 Å². The molecule has 1 aromatic rings. The van der Waals surface area contributed by atoms with E-state index >= 15 is 0 Å². The summed E-state index contributed by atoms with van der Waals surface area (Å²) in [7, 11) is -0.615. The molecule has 96 valence electrons. The van der Waals surface area contributed by atoms with Crippen molar-refractivity contribution in [2.45, 2.75) is 4.90 Å². The van der Waals surface area contributed by atoms with Crippen LogP contribution in [-0.2, 0) is 10.0 Å². The van der Waals surface area contributed by atoms with Crippen LogP contribution in [0, 0.1) is 0 Å². The molecule has 0 heterocycles. The summed E-state index contributed by atoms with van der Waals surface area (Å²) in [5, 5.41) is 0. The number of ether oxygens (including phenoxy) is 2. The van der Waals surface area contributed by atoms with Gasteiger partial charge in [-0.05, 0) is 12.1 Å². The Morgan fingerprint density at radius 3 is 2.41 bits per heavy atom. The second-order valence-corrected chi connectivity index (χ2v) is 4.97. The van der Waals surface area contributed by atoms with Crippen molar-refractivity contribution in [3.05, 3.63) is 18.2 Å². The molecule has 7 heteroatoms. The maximum atomic E-state index is 11.8. The van der Waals surface area contributed by atoms with Gasteiger partial charge in [0.2, 0.25) is 10.0 Å². The van der Waals surface area contributed by atoms with Crippen LogP contribution in [-0.4, -0.2) is 35.7 Å². The minimum Gasteiger partial charge on any atom is -0.493 e. The second-order valence-electron chi connectivity index (χ2n) is 3.20. The van der Waals surface area contributed by atoms with E-state index in [2.05, 4.69) is 4.72 Å². The summed E-state index contributed by atoms with van der Waals surface area (Å²) in [5.41, 5.74) is 5.24. The second kappa shape index (κ2) is 5.85. The van der Waals surface area contributed by atoms with Gasteiger partial charge in [-0.3, -0.25) is 0 Å². The summed E-state index contributed by atoms with van der Waals surface area (Å²) < 4.78 is 36.0. The van der Waals surface area contributed by atoms with Crippen molar-refractivity contribution >= 4 is 10.0 Å². The monoisotopic (exact) mass is 260 g/mol. The summed E-state index contributed by atoms with van der Waals surface area (Å²) in [4.78, 5) is 0.114. The molecule has 0 unspecified atom stereocenters. The van der Waals surface area contributed by atoms with E-state index in [1.807, 2.05) is 0 Å². The maximum absolute atomic E-state index is 11.8. The van der Waals surface area contributed by atoms with Gasteiger partial charge in [-0.25, -0.2) is 13.1 Å². The SMILES string of the molecule is COc1ccc(S(=O)(=O)NCCN)cc1OC. The smallest absolute Gasteiger partial charge is 0.240 e. The Morgan fingerprint density at radius 2 is 1.88 bits per heavy atom. The molecule has 0 amide bonds. The molecule has 1 aromatic carbocycles. The maximum Gasteiger partial charge on any atom is 0.240 e. The van der Waals surface area contributed by atoms with E-state index in [0.29, 0.717) is 11.5 Å². The highest BCUT2D eigenvalue weighted by molar-refractivity contribution is 7.89. The minimum atomic E-state index is -3.55. The third-order valence-electron chi connectivity index (χ3n) is 2.10. The van der Waals surface area contributed by atoms with Gasteiger partial charge >= 0.3 is 0 Å². The number of nitrogens with one attached hydrogen (secondary N) is 1. The summed E-state index contributed by atoms with van der Waals surface area (Å²) in [5.74, 6) is 0.841. The highest BCUT2D eigenvalue weighted by Gasteiger charge is 2.15. The topological polar surface area (TPSA) is 90.7 Å². The number of benzene rings is 1. The molecule has 0 saturated heterocycles. The van der Waals surface area contributed by atoms with Crippen LogP contribution in [0.2, 0.25) is 0 Å². The third kappa shape index (κ3) is 3.32. The van der Waals surface area contributed by atoms with Crippen LogP contribution < -0.4 is 19.9 Å². The lowest BCUT2D eigenvalue weighted by Crippen LogP contribution is -2.29. The lowest BCUT2D eigenvalue weighted by Gasteiger charge is -2.10. The summed E-state index contributed by atoms with van der Waals surface area (Å²) in [6.07, 6.45) is 0. The zero-order valence-electron chi connectivity index (χ0n) is 9.76. The Kier molecular flexibility index (Phi) is 4.73. The Balaban J connectivity index is 3.07. The molecule has 1 rings (SSSR count). The fourth-order valence-corrected chi connectivity index (χ4v) is 2.32. The zero-order valence-corrected chi connectivity index (χ0v) is 10.6. The molecule has 3 N–H and O–H groups in total. The number of hydrogen-bond donors (Lipinski definition) is 2. The van der Waals surface area contributed by atoms with Crippen molar-refractivity contribution in [3.8, 4) is 11.5 Å². The van der Waals surface area contributed by atoms with E-state index in [1.165, 1.54) is 32.4 Å². The van der Waals surface area contributed by atoms with Gasteiger partial charge in [-0.15, -0.1) is 0 Å². The predicted octanol–water partition coefficient (Wildman–Crippen LogP) is -0.0592. The molecule has 0 fully saturated rings. The molecule has 0 spiro atoms. The van der Waals surface area contributed by atoms with Crippen LogP contribution in [0.3, 0.4) is 0 Å². The van der Waals surface area contributed by atoms with E-state index in [0.717, 1.165) is 0 Å². The van der Waals surface area contributed by atoms with Gasteiger partial charge in [0.1, 0.15) is 0 Å². The summed E-state index contributed by atoms with van der Waals surface area (Å²) in [6.45, 7) is 0.434. The molecule has 0 atom stereocenters. The van der Waals surface area contributed by atoms with Crippen molar-refractivity contribution < 1.29 is 17.9 Å². The molecule has 0 aliphatic carbocycles. The molecular weight excluding hydrogens is 244 g/mol. The third-order valence-corrected chi connectivity index (χ3v) is 3.56. The minimum absolute atomic E-state index is 0.114. The molecule has 0 aliphatic heterocycles. The van der Waals surface area contributed by atoms with Crippen LogP contribution in [0.15, 0.2) is 23.1 Å². The Bertz CT molecular complexity index is 473. The number of rotatable bonds is 6. The summed E-state index contributed by atoms with van der Waals surface area (Å²) >= 11 is 0. The van der Waals surface area contributed by atoms with Gasteiger partial charge in [0.05, 0.1) is 19.1 Å². The molecule has 0 saturated carbocycles. The van der Waals surface area contributed by atoms with Gasteiger partial charge in [0.25, 0.3) is 0 Å². The first-order valence-electron chi connectivity index (χ1n) is 4.97. The first kappa shape index (κ1) is 13.8. The van der Waals surface area contributed by atoms with E-state index in [-0.39, 0.29) is 18.0 Å². The Labute approximate surface area is 101 Å². The predicted molar refractivity (Wildman–Crippen MR) is 63.8 cm³/mol. The quantitative estimate of drug-likeness (QED) is 0.748. The molecule has 0 bridgehead atoms. The standard InChI is InChI=1S/C10H16N2O4S/c1-15-9-4-3-8(7-10(9)16-2)17(13,14)12-6-5-11/h3-4,7,12H,5-6,11H2,1-2H3. The largest absolute Gasteiger partial charge is 0.493 e. The van der Waals surface area contributed by atoms with Gasteiger partial charge in [-0.1, -0.05) is 0 Å². The van der Waals surface area contributed by atoms with Gasteiger partial charge in [0.15, 0.2) is 11.5 Å². The van der Waals surface area contributed by atoms with E-state index in [4.69, 9.17) is 15.2 Å². The van der Waals surface area contributed by atoms with Crippen molar-refractivity contribution in [2.75, 3.05) is 27.3 Å². The number of nitrogens with two attached hydrogens (primary N) is 1. The van der Waals surface area contributed by atoms with Gasteiger partial charge in [0, 0.05) is 19.2 Å². The molecular formula is C10H16N2O4S. The van der Waals surface area contributed by atoms with Crippen LogP contribution >= 0.6 is 0 Å². The van der Waals surface area contributed by atoms with Crippen LogP contribution in [0.5, 0.6) is 11.5 Å². The lowest BCUT2D eigenvalue weighted by molar-refractivity contribution is 0.354. The summed E-state index contributed by atoms with van der Waals surface area (Å²) in [6, 6.07) is 4.38. The highest BCUT2D eigenvalue weighted by Crippen LogP contribution is 2.29. The normalized spacial score (nSPS) is 11.2. The molecule has 17 heavy (non-hydrogen) atoms. The number of methoxy groups -OCH3 is 2.